The minimum atomic E-state index is -4.31. The highest BCUT2D eigenvalue weighted by molar-refractivity contribution is 7.94. The third-order valence-corrected chi connectivity index (χ3v) is 23.3. The van der Waals surface area contributed by atoms with Crippen molar-refractivity contribution in [2.75, 3.05) is 0 Å². The third kappa shape index (κ3) is 9.10. The quantitative estimate of drug-likeness (QED) is 0.0878. The van der Waals surface area contributed by atoms with E-state index in [2.05, 4.69) is 0 Å². The SMILES string of the molecule is Oc1ccc(P2(c3ccc(O)cc3)=NP(Oc3ccccc3)(Oc3ccccc3)=NP(Oc3ccccc3)(Oc3ccccc3)=NP(c3ccc(O)cc3)(c3ccc(O)cc3)=N2)cc1. The summed E-state index contributed by atoms with van der Waals surface area (Å²) in [6.07, 6.45) is 0. The maximum Gasteiger partial charge on any atom is 0.455 e. The summed E-state index contributed by atoms with van der Waals surface area (Å²) >= 11 is 0. The molecule has 8 aromatic rings. The van der Waals surface area contributed by atoms with E-state index in [0.717, 1.165) is 0 Å². The zero-order chi connectivity index (χ0) is 44.0. The summed E-state index contributed by atoms with van der Waals surface area (Å²) in [7, 11) is -16.3. The summed E-state index contributed by atoms with van der Waals surface area (Å²) < 4.78 is 52.1. The van der Waals surface area contributed by atoms with Gasteiger partial charge in [0.05, 0.1) is 0 Å². The topological polar surface area (TPSA) is 167 Å². The molecule has 0 unspecified atom stereocenters. The molecule has 0 saturated heterocycles. The predicted molar refractivity (Wildman–Crippen MR) is 257 cm³/mol. The molecule has 320 valence electrons. The number of phenols is 4. The lowest BCUT2D eigenvalue weighted by Crippen LogP contribution is -2.21. The maximum atomic E-state index is 10.8. The van der Waals surface area contributed by atoms with Crippen LogP contribution in [0.15, 0.2) is 236 Å². The molecule has 0 bridgehead atoms. The van der Waals surface area contributed by atoms with E-state index >= 15 is 0 Å². The van der Waals surface area contributed by atoms with E-state index in [1.165, 1.54) is 0 Å². The molecule has 9 rings (SSSR count). The van der Waals surface area contributed by atoms with Crippen LogP contribution in [0.5, 0.6) is 46.0 Å². The maximum absolute atomic E-state index is 10.8. The van der Waals surface area contributed by atoms with Crippen molar-refractivity contribution in [3.8, 4) is 46.0 Å². The number of nitrogens with zero attached hydrogens (tertiary/aromatic N) is 4. The number of aromatic hydroxyl groups is 4. The Morgan fingerprint density at radius 1 is 0.250 bits per heavy atom. The Hall–Kier alpha value is -6.92. The van der Waals surface area contributed by atoms with Gasteiger partial charge in [0.15, 0.2) is 0 Å². The molecule has 0 radical (unpaired) electrons. The molecule has 1 aliphatic rings. The molecule has 0 saturated carbocycles. The summed E-state index contributed by atoms with van der Waals surface area (Å²) in [4.78, 5) is 0. The Morgan fingerprint density at radius 2 is 0.484 bits per heavy atom. The van der Waals surface area contributed by atoms with Crippen molar-refractivity contribution in [3.05, 3.63) is 218 Å². The standard InChI is InChI=1S/C48H40N4O8P4/c53-37-21-29-45(30-22-37)61(46-31-23-38(54)24-32-46)49-62(47-33-25-39(55)26-34-47,48-35-27-40(56)28-36-48)51-64(59-43-17-9-3-10-18-43,60-44-19-11-4-12-20-44)52-63(50-61,57-41-13-5-1-6-14-41)58-42-15-7-2-8-16-42/h1-36,53-56H. The first kappa shape index (κ1) is 42.4. The summed E-state index contributed by atoms with van der Waals surface area (Å²) in [6, 6.07) is 62.7. The Bertz CT molecular complexity index is 2740. The molecule has 4 N–H and O–H groups in total. The largest absolute Gasteiger partial charge is 0.508 e. The number of phenolic OH excluding ortho intramolecular Hbond substituents is 4. The normalized spacial score (nSPS) is 15.5. The van der Waals surface area contributed by atoms with Crippen molar-refractivity contribution in [1.29, 1.82) is 0 Å². The molecule has 16 heteroatoms. The summed E-state index contributed by atoms with van der Waals surface area (Å²) in [5.41, 5.74) is 0. The lowest BCUT2D eigenvalue weighted by atomic mass is 10.3. The fourth-order valence-electron chi connectivity index (χ4n) is 6.74. The highest BCUT2D eigenvalue weighted by Crippen LogP contribution is 2.78. The Balaban J connectivity index is 1.58. The zero-order valence-electron chi connectivity index (χ0n) is 33.8. The molecule has 0 spiro atoms. The van der Waals surface area contributed by atoms with Crippen LogP contribution in [-0.2, 0) is 0 Å². The lowest BCUT2D eigenvalue weighted by Gasteiger charge is -2.35. The minimum absolute atomic E-state index is 0.00625. The van der Waals surface area contributed by atoms with E-state index in [4.69, 9.17) is 36.2 Å². The molecule has 0 aromatic heterocycles. The van der Waals surface area contributed by atoms with Crippen molar-refractivity contribution in [1.82, 2.24) is 0 Å². The molecular weight excluding hydrogens is 884 g/mol. The molecule has 0 aliphatic carbocycles. The second-order valence-electron chi connectivity index (χ2n) is 14.2. The van der Waals surface area contributed by atoms with Gasteiger partial charge in [-0.25, -0.2) is 4.52 Å². The first-order valence-corrected chi connectivity index (χ1v) is 26.3. The number of rotatable bonds is 12. The third-order valence-electron chi connectivity index (χ3n) is 9.68. The van der Waals surface area contributed by atoms with Gasteiger partial charge in [-0.15, -0.1) is 0 Å². The number of hydrogen-bond acceptors (Lipinski definition) is 12. The van der Waals surface area contributed by atoms with E-state index in [9.17, 15) is 20.4 Å². The van der Waals surface area contributed by atoms with Crippen LogP contribution in [0.2, 0.25) is 0 Å². The lowest BCUT2D eigenvalue weighted by molar-refractivity contribution is 0.461. The molecule has 64 heavy (non-hydrogen) atoms. The van der Waals surface area contributed by atoms with Gasteiger partial charge in [0.2, 0.25) is 0 Å². The van der Waals surface area contributed by atoms with Crippen molar-refractivity contribution in [2.24, 2.45) is 18.1 Å². The second-order valence-corrected chi connectivity index (χ2v) is 24.2. The van der Waals surface area contributed by atoms with Gasteiger partial charge in [-0.1, -0.05) is 77.3 Å². The highest BCUT2D eigenvalue weighted by atomic mass is 31.3. The van der Waals surface area contributed by atoms with Gasteiger partial charge in [0.25, 0.3) is 0 Å². The molecular formula is C48H40N4O8P4. The summed E-state index contributed by atoms with van der Waals surface area (Å²) in [5.74, 6) is 1.49. The van der Waals surface area contributed by atoms with Crippen LogP contribution < -0.4 is 39.3 Å². The Labute approximate surface area is 370 Å². The van der Waals surface area contributed by atoms with Crippen LogP contribution in [0.25, 0.3) is 0 Å². The van der Waals surface area contributed by atoms with Crippen molar-refractivity contribution in [3.63, 3.8) is 0 Å². The van der Waals surface area contributed by atoms with E-state index in [1.807, 2.05) is 72.8 Å². The smallest absolute Gasteiger partial charge is 0.455 e. The minimum Gasteiger partial charge on any atom is -0.508 e. The number of benzene rings is 8. The summed E-state index contributed by atoms with van der Waals surface area (Å²) in [5, 5.41) is 45.3. The van der Waals surface area contributed by atoms with E-state index in [-0.39, 0.29) is 23.0 Å². The molecule has 8 aromatic carbocycles. The number of para-hydroxylation sites is 4. The average molecular weight is 925 g/mol. The monoisotopic (exact) mass is 924 g/mol. The fraction of sp³-hybridized carbons (Fsp3) is 0. The van der Waals surface area contributed by atoms with Crippen LogP contribution in [0.4, 0.5) is 0 Å². The van der Waals surface area contributed by atoms with Crippen molar-refractivity contribution in [2.45, 2.75) is 0 Å². The molecule has 1 heterocycles. The van der Waals surface area contributed by atoms with Crippen LogP contribution in [0.3, 0.4) is 0 Å². The van der Waals surface area contributed by atoms with E-state index in [0.29, 0.717) is 44.2 Å². The van der Waals surface area contributed by atoms with Crippen molar-refractivity contribution >= 4 is 50.9 Å². The highest BCUT2D eigenvalue weighted by Gasteiger charge is 2.46. The van der Waals surface area contributed by atoms with Crippen LogP contribution in [0.1, 0.15) is 0 Å². The Kier molecular flexibility index (Phi) is 12.0. The molecule has 12 nitrogen and oxygen atoms in total. The average Bonchev–Trinajstić information content (AvgIpc) is 3.30. The van der Waals surface area contributed by atoms with Gasteiger partial charge in [-0.2, -0.15) is 9.03 Å². The zero-order valence-corrected chi connectivity index (χ0v) is 37.4. The number of hydrogen-bond donors (Lipinski definition) is 4. The van der Waals surface area contributed by atoms with Crippen LogP contribution >= 0.6 is 29.7 Å². The Morgan fingerprint density at radius 3 is 0.750 bits per heavy atom. The fourth-order valence-corrected chi connectivity index (χ4v) is 22.8. The van der Waals surface area contributed by atoms with Gasteiger partial charge in [-0.3, -0.25) is 0 Å². The predicted octanol–water partition coefficient (Wildman–Crippen LogP) is 12.6. The van der Waals surface area contributed by atoms with Gasteiger partial charge >= 0.3 is 15.3 Å². The molecule has 0 amide bonds. The van der Waals surface area contributed by atoms with E-state index in [1.54, 1.807) is 146 Å². The first-order valence-electron chi connectivity index (χ1n) is 19.9. The van der Waals surface area contributed by atoms with Crippen molar-refractivity contribution < 1.29 is 38.5 Å². The van der Waals surface area contributed by atoms with Gasteiger partial charge in [0.1, 0.15) is 60.4 Å². The molecule has 0 atom stereocenters. The molecule has 1 aliphatic heterocycles. The van der Waals surface area contributed by atoms with Gasteiger partial charge in [-0.05, 0) is 146 Å². The van der Waals surface area contributed by atoms with Gasteiger partial charge in [0, 0.05) is 21.2 Å². The van der Waals surface area contributed by atoms with Crippen LogP contribution in [-0.4, -0.2) is 20.4 Å². The van der Waals surface area contributed by atoms with Gasteiger partial charge < -0.3 is 38.5 Å². The second kappa shape index (κ2) is 18.1. The van der Waals surface area contributed by atoms with E-state index < -0.39 is 29.7 Å². The first-order chi connectivity index (χ1) is 31.1. The molecule has 0 fully saturated rings. The van der Waals surface area contributed by atoms with Crippen LogP contribution in [0, 0.1) is 0 Å². The summed E-state index contributed by atoms with van der Waals surface area (Å²) in [6.45, 7) is 0.